The topological polar surface area (TPSA) is 71.1 Å². The van der Waals surface area contributed by atoms with Gasteiger partial charge in [0.1, 0.15) is 5.25 Å². The van der Waals surface area contributed by atoms with Crippen LogP contribution in [0.25, 0.3) is 10.2 Å². The minimum atomic E-state index is -0.479. The maximum Gasteiger partial charge on any atom is 0.242 e. The lowest BCUT2D eigenvalue weighted by Crippen LogP contribution is -2.19. The third-order valence-corrected chi connectivity index (χ3v) is 6.98. The van der Waals surface area contributed by atoms with Gasteiger partial charge in [0.25, 0.3) is 0 Å². The molecule has 0 aliphatic carbocycles. The van der Waals surface area contributed by atoms with Crippen molar-refractivity contribution in [2.75, 3.05) is 10.6 Å². The highest BCUT2D eigenvalue weighted by molar-refractivity contribution is 8.02. The number of fused-ring (bicyclic) bond motifs is 1. The molecule has 31 heavy (non-hydrogen) atoms. The summed E-state index contributed by atoms with van der Waals surface area (Å²) in [7, 11) is 0. The fourth-order valence-corrected chi connectivity index (χ4v) is 5.39. The van der Waals surface area contributed by atoms with E-state index in [0.717, 1.165) is 20.1 Å². The first-order valence-electron chi connectivity index (χ1n) is 9.44. The maximum absolute atomic E-state index is 13.2. The number of thioether (sulfide) groups is 1. The SMILES string of the molecule is CC(=O)Nc1ccc(NC(=O)C(Sc2nc3cc(Cl)ccc3s2)c2ccccc2)cc1. The summed E-state index contributed by atoms with van der Waals surface area (Å²) in [5.74, 6) is -0.296. The van der Waals surface area contributed by atoms with Crippen molar-refractivity contribution in [2.24, 2.45) is 0 Å². The molecular weight excluding hydrogens is 450 g/mol. The van der Waals surface area contributed by atoms with Gasteiger partial charge in [0, 0.05) is 23.3 Å². The van der Waals surface area contributed by atoms with E-state index in [1.807, 2.05) is 48.5 Å². The van der Waals surface area contributed by atoms with Crippen molar-refractivity contribution in [3.8, 4) is 0 Å². The molecule has 0 bridgehead atoms. The van der Waals surface area contributed by atoms with Crippen molar-refractivity contribution >= 4 is 68.1 Å². The Kier molecular flexibility index (Phi) is 6.56. The number of aromatic nitrogens is 1. The molecule has 4 aromatic rings. The van der Waals surface area contributed by atoms with E-state index >= 15 is 0 Å². The monoisotopic (exact) mass is 467 g/mol. The van der Waals surface area contributed by atoms with Crippen LogP contribution in [0.5, 0.6) is 0 Å². The molecule has 0 fully saturated rings. The Morgan fingerprint density at radius 2 is 1.65 bits per heavy atom. The number of carbonyl (C=O) groups excluding carboxylic acids is 2. The number of benzene rings is 3. The summed E-state index contributed by atoms with van der Waals surface area (Å²) in [5.41, 5.74) is 3.03. The second kappa shape index (κ2) is 9.51. The molecule has 5 nitrogen and oxygen atoms in total. The van der Waals surface area contributed by atoms with Crippen LogP contribution in [0.4, 0.5) is 11.4 Å². The highest BCUT2D eigenvalue weighted by Gasteiger charge is 2.24. The van der Waals surface area contributed by atoms with Crippen molar-refractivity contribution in [3.63, 3.8) is 0 Å². The molecule has 0 aliphatic rings. The van der Waals surface area contributed by atoms with Gasteiger partial charge >= 0.3 is 0 Å². The lowest BCUT2D eigenvalue weighted by molar-refractivity contribution is -0.116. The Balaban J connectivity index is 1.57. The normalized spacial score (nSPS) is 11.8. The quantitative estimate of drug-likeness (QED) is 0.323. The van der Waals surface area contributed by atoms with E-state index in [0.29, 0.717) is 16.4 Å². The van der Waals surface area contributed by atoms with E-state index < -0.39 is 5.25 Å². The summed E-state index contributed by atoms with van der Waals surface area (Å²) >= 11 is 9.02. The molecular formula is C23H18ClN3O2S2. The molecule has 0 spiro atoms. The molecule has 1 unspecified atom stereocenters. The van der Waals surface area contributed by atoms with Gasteiger partial charge in [-0.3, -0.25) is 9.59 Å². The first-order chi connectivity index (χ1) is 15.0. The van der Waals surface area contributed by atoms with Gasteiger partial charge in [-0.15, -0.1) is 11.3 Å². The largest absolute Gasteiger partial charge is 0.326 e. The van der Waals surface area contributed by atoms with Gasteiger partial charge in [0.15, 0.2) is 4.34 Å². The lowest BCUT2D eigenvalue weighted by atomic mass is 10.1. The van der Waals surface area contributed by atoms with E-state index in [1.54, 1.807) is 24.3 Å². The zero-order chi connectivity index (χ0) is 21.8. The summed E-state index contributed by atoms with van der Waals surface area (Å²) in [5, 5.41) is 5.83. The number of hydrogen-bond donors (Lipinski definition) is 2. The molecule has 1 atom stereocenters. The average Bonchev–Trinajstić information content (AvgIpc) is 3.15. The standard InChI is InChI=1S/C23H18ClN3O2S2/c1-14(28)25-17-8-10-18(11-9-17)26-22(29)21(15-5-3-2-4-6-15)31-23-27-19-13-16(24)7-12-20(19)30-23/h2-13,21H,1H3,(H,25,28)(H,26,29). The lowest BCUT2D eigenvalue weighted by Gasteiger charge is -2.16. The second-order valence-corrected chi connectivity index (χ2v) is 9.57. The van der Waals surface area contributed by atoms with Gasteiger partial charge in [-0.1, -0.05) is 53.7 Å². The van der Waals surface area contributed by atoms with Crippen molar-refractivity contribution in [1.82, 2.24) is 4.98 Å². The van der Waals surface area contributed by atoms with Crippen LogP contribution in [-0.4, -0.2) is 16.8 Å². The number of nitrogens with zero attached hydrogens (tertiary/aromatic N) is 1. The van der Waals surface area contributed by atoms with Crippen LogP contribution in [0.3, 0.4) is 0 Å². The number of halogens is 1. The van der Waals surface area contributed by atoms with Gasteiger partial charge < -0.3 is 10.6 Å². The predicted octanol–water partition coefficient (Wildman–Crippen LogP) is 6.38. The zero-order valence-corrected chi connectivity index (χ0v) is 18.9. The molecule has 3 aromatic carbocycles. The zero-order valence-electron chi connectivity index (χ0n) is 16.5. The van der Waals surface area contributed by atoms with Gasteiger partial charge in [0.2, 0.25) is 11.8 Å². The van der Waals surface area contributed by atoms with E-state index in [2.05, 4.69) is 15.6 Å². The van der Waals surface area contributed by atoms with E-state index in [-0.39, 0.29) is 11.8 Å². The highest BCUT2D eigenvalue weighted by atomic mass is 35.5. The predicted molar refractivity (Wildman–Crippen MR) is 129 cm³/mol. The molecule has 2 N–H and O–H groups in total. The fraction of sp³-hybridized carbons (Fsp3) is 0.0870. The van der Waals surface area contributed by atoms with Crippen LogP contribution in [0.2, 0.25) is 5.02 Å². The molecule has 4 rings (SSSR count). The molecule has 2 amide bonds. The summed E-state index contributed by atoms with van der Waals surface area (Å²) in [6.07, 6.45) is 0. The van der Waals surface area contributed by atoms with Gasteiger partial charge in [-0.2, -0.15) is 0 Å². The third-order valence-electron chi connectivity index (χ3n) is 4.36. The third kappa shape index (κ3) is 5.44. The van der Waals surface area contributed by atoms with Crippen LogP contribution in [0, 0.1) is 0 Å². The molecule has 1 heterocycles. The van der Waals surface area contributed by atoms with Crippen LogP contribution in [0.15, 0.2) is 77.1 Å². The average molecular weight is 468 g/mol. The van der Waals surface area contributed by atoms with Crippen molar-refractivity contribution in [3.05, 3.63) is 83.4 Å². The first-order valence-corrected chi connectivity index (χ1v) is 11.5. The number of rotatable bonds is 6. The maximum atomic E-state index is 13.2. The number of hydrogen-bond acceptors (Lipinski definition) is 5. The van der Waals surface area contributed by atoms with E-state index in [4.69, 9.17) is 11.6 Å². The van der Waals surface area contributed by atoms with Crippen molar-refractivity contribution < 1.29 is 9.59 Å². The van der Waals surface area contributed by atoms with Gasteiger partial charge in [-0.25, -0.2) is 4.98 Å². The van der Waals surface area contributed by atoms with Crippen LogP contribution >= 0.6 is 34.7 Å². The number of carbonyl (C=O) groups is 2. The second-order valence-electron chi connectivity index (χ2n) is 6.75. The number of nitrogens with one attached hydrogen (secondary N) is 2. The van der Waals surface area contributed by atoms with E-state index in [1.165, 1.54) is 30.0 Å². The summed E-state index contributed by atoms with van der Waals surface area (Å²) < 4.78 is 1.81. The minimum absolute atomic E-state index is 0.144. The van der Waals surface area contributed by atoms with Gasteiger partial charge in [-0.05, 0) is 48.0 Å². The first kappa shape index (κ1) is 21.4. The molecule has 0 radical (unpaired) electrons. The molecule has 156 valence electrons. The molecule has 0 saturated carbocycles. The van der Waals surface area contributed by atoms with E-state index in [9.17, 15) is 9.59 Å². The van der Waals surface area contributed by atoms with Gasteiger partial charge in [0.05, 0.1) is 10.2 Å². The Morgan fingerprint density at radius 3 is 2.32 bits per heavy atom. The van der Waals surface area contributed by atoms with Crippen molar-refractivity contribution in [1.29, 1.82) is 0 Å². The molecule has 1 aromatic heterocycles. The molecule has 8 heteroatoms. The Hall–Kier alpha value is -2.87. The Labute approximate surface area is 192 Å². The summed E-state index contributed by atoms with van der Waals surface area (Å²) in [6, 6.07) is 22.2. The Morgan fingerprint density at radius 1 is 0.968 bits per heavy atom. The number of thiazole rings is 1. The van der Waals surface area contributed by atoms with Crippen LogP contribution in [0.1, 0.15) is 17.7 Å². The fourth-order valence-electron chi connectivity index (χ4n) is 2.98. The van der Waals surface area contributed by atoms with Crippen molar-refractivity contribution in [2.45, 2.75) is 16.5 Å². The number of amides is 2. The molecule has 0 aliphatic heterocycles. The number of anilines is 2. The summed E-state index contributed by atoms with van der Waals surface area (Å²) in [6.45, 7) is 1.45. The molecule has 0 saturated heterocycles. The summed E-state index contributed by atoms with van der Waals surface area (Å²) in [4.78, 5) is 29.0. The smallest absolute Gasteiger partial charge is 0.242 e. The van der Waals surface area contributed by atoms with Crippen LogP contribution < -0.4 is 10.6 Å². The minimum Gasteiger partial charge on any atom is -0.326 e. The Bertz CT molecular complexity index is 1230. The highest BCUT2D eigenvalue weighted by Crippen LogP contribution is 2.40. The van der Waals surface area contributed by atoms with Crippen LogP contribution in [-0.2, 0) is 9.59 Å².